The van der Waals surface area contributed by atoms with Gasteiger partial charge in [0.1, 0.15) is 0 Å². The van der Waals surface area contributed by atoms with Crippen LogP contribution in [0.3, 0.4) is 0 Å². The minimum atomic E-state index is -0.832. The van der Waals surface area contributed by atoms with E-state index in [9.17, 15) is 13.6 Å². The highest BCUT2D eigenvalue weighted by Crippen LogP contribution is 2.26. The number of anilines is 1. The topological polar surface area (TPSA) is 47.6 Å². The van der Waals surface area contributed by atoms with Gasteiger partial charge in [-0.25, -0.2) is 13.6 Å². The van der Waals surface area contributed by atoms with Crippen LogP contribution in [-0.2, 0) is 0 Å². The van der Waals surface area contributed by atoms with Crippen molar-refractivity contribution >= 4 is 11.7 Å². The van der Waals surface area contributed by atoms with Gasteiger partial charge in [-0.1, -0.05) is 30.3 Å². The van der Waals surface area contributed by atoms with Crippen molar-refractivity contribution in [3.8, 4) is 0 Å². The molecular formula is C24H30F2N4O. The van der Waals surface area contributed by atoms with Crippen molar-refractivity contribution in [1.29, 1.82) is 0 Å². The van der Waals surface area contributed by atoms with Gasteiger partial charge in [-0.15, -0.1) is 0 Å². The highest BCUT2D eigenvalue weighted by molar-refractivity contribution is 5.74. The molecule has 0 saturated carbocycles. The van der Waals surface area contributed by atoms with Crippen LogP contribution in [0, 0.1) is 17.6 Å². The molecular weight excluding hydrogens is 398 g/mol. The minimum Gasteiger partial charge on any atom is -0.371 e. The zero-order chi connectivity index (χ0) is 21.8. The molecule has 31 heavy (non-hydrogen) atoms. The van der Waals surface area contributed by atoms with E-state index in [1.165, 1.54) is 11.6 Å². The number of hydrogen-bond acceptors (Lipinski definition) is 3. The standard InChI is InChI=1S/C24H30F2N4O/c1-17(19-5-3-2-4-6-19)29-12-10-20(16-29)28-24(31)27-14-18-9-11-30(15-18)21-7-8-22(25)23(26)13-21/h2-8,13,17-18,20H,9-12,14-16H2,1H3,(H2,27,28,31). The minimum absolute atomic E-state index is 0.134. The summed E-state index contributed by atoms with van der Waals surface area (Å²) in [4.78, 5) is 16.8. The summed E-state index contributed by atoms with van der Waals surface area (Å²) in [5.74, 6) is -1.37. The van der Waals surface area contributed by atoms with Crippen LogP contribution in [-0.4, -0.2) is 49.7 Å². The number of rotatable bonds is 6. The monoisotopic (exact) mass is 428 g/mol. The lowest BCUT2D eigenvalue weighted by Crippen LogP contribution is -2.45. The first-order chi connectivity index (χ1) is 15.0. The number of benzene rings is 2. The maximum absolute atomic E-state index is 13.5. The van der Waals surface area contributed by atoms with E-state index in [1.807, 2.05) is 11.0 Å². The highest BCUT2D eigenvalue weighted by Gasteiger charge is 2.28. The summed E-state index contributed by atoms with van der Waals surface area (Å²) in [6, 6.07) is 14.8. The van der Waals surface area contributed by atoms with Crippen molar-refractivity contribution in [2.75, 3.05) is 37.6 Å². The normalized spacial score (nSPS) is 22.5. The van der Waals surface area contributed by atoms with Crippen LogP contribution >= 0.6 is 0 Å². The smallest absolute Gasteiger partial charge is 0.315 e. The number of likely N-dealkylation sites (tertiary alicyclic amines) is 1. The summed E-state index contributed by atoms with van der Waals surface area (Å²) < 4.78 is 26.6. The van der Waals surface area contributed by atoms with E-state index in [0.29, 0.717) is 18.3 Å². The molecule has 5 nitrogen and oxygen atoms in total. The number of urea groups is 1. The molecule has 2 aromatic rings. The van der Waals surface area contributed by atoms with Crippen LogP contribution in [0.4, 0.5) is 19.3 Å². The summed E-state index contributed by atoms with van der Waals surface area (Å²) in [7, 11) is 0. The lowest BCUT2D eigenvalue weighted by atomic mass is 10.1. The predicted molar refractivity (Wildman–Crippen MR) is 118 cm³/mol. The lowest BCUT2D eigenvalue weighted by molar-refractivity contribution is 0.230. The van der Waals surface area contributed by atoms with Gasteiger partial charge in [0, 0.05) is 56.6 Å². The Balaban J connectivity index is 1.19. The van der Waals surface area contributed by atoms with Crippen LogP contribution in [0.2, 0.25) is 0 Å². The number of nitrogens with one attached hydrogen (secondary N) is 2. The molecule has 0 bridgehead atoms. The molecule has 2 aliphatic rings. The van der Waals surface area contributed by atoms with Gasteiger partial charge in [-0.05, 0) is 43.4 Å². The summed E-state index contributed by atoms with van der Waals surface area (Å²) in [6.45, 7) is 6.08. The molecule has 7 heteroatoms. The molecule has 2 aromatic carbocycles. The number of nitrogens with zero attached hydrogens (tertiary/aromatic N) is 2. The van der Waals surface area contributed by atoms with E-state index in [2.05, 4.69) is 46.7 Å². The van der Waals surface area contributed by atoms with Crippen molar-refractivity contribution in [2.24, 2.45) is 5.92 Å². The van der Waals surface area contributed by atoms with E-state index < -0.39 is 11.6 Å². The quantitative estimate of drug-likeness (QED) is 0.733. The van der Waals surface area contributed by atoms with Crippen LogP contribution < -0.4 is 15.5 Å². The summed E-state index contributed by atoms with van der Waals surface area (Å²) in [5, 5.41) is 6.09. The molecule has 0 radical (unpaired) electrons. The molecule has 2 fully saturated rings. The Kier molecular flexibility index (Phi) is 6.70. The van der Waals surface area contributed by atoms with Gasteiger partial charge in [-0.2, -0.15) is 0 Å². The van der Waals surface area contributed by atoms with Crippen molar-refractivity contribution in [3.05, 3.63) is 65.7 Å². The SMILES string of the molecule is CC(c1ccccc1)N1CCC(NC(=O)NCC2CCN(c3ccc(F)c(F)c3)C2)C1. The highest BCUT2D eigenvalue weighted by atomic mass is 19.2. The van der Waals surface area contributed by atoms with Gasteiger partial charge >= 0.3 is 6.03 Å². The molecule has 2 saturated heterocycles. The van der Waals surface area contributed by atoms with E-state index >= 15 is 0 Å². The fourth-order valence-corrected chi connectivity index (χ4v) is 4.59. The van der Waals surface area contributed by atoms with Gasteiger partial charge in [0.2, 0.25) is 0 Å². The second-order valence-electron chi connectivity index (χ2n) is 8.62. The van der Waals surface area contributed by atoms with Crippen LogP contribution in [0.25, 0.3) is 0 Å². The number of amides is 2. The Morgan fingerprint density at radius 3 is 2.65 bits per heavy atom. The fourth-order valence-electron chi connectivity index (χ4n) is 4.59. The zero-order valence-corrected chi connectivity index (χ0v) is 17.9. The maximum Gasteiger partial charge on any atom is 0.315 e. The molecule has 166 valence electrons. The fraction of sp³-hybridized carbons (Fsp3) is 0.458. The number of hydrogen-bond donors (Lipinski definition) is 2. The van der Waals surface area contributed by atoms with Crippen LogP contribution in [0.1, 0.15) is 31.4 Å². The molecule has 2 heterocycles. The predicted octanol–water partition coefficient (Wildman–Crippen LogP) is 3.93. The molecule has 2 amide bonds. The molecule has 3 unspecified atom stereocenters. The van der Waals surface area contributed by atoms with Crippen molar-refractivity contribution in [1.82, 2.24) is 15.5 Å². The van der Waals surface area contributed by atoms with Crippen LogP contribution in [0.5, 0.6) is 0 Å². The zero-order valence-electron chi connectivity index (χ0n) is 17.9. The van der Waals surface area contributed by atoms with E-state index in [0.717, 1.165) is 45.1 Å². The van der Waals surface area contributed by atoms with Crippen molar-refractivity contribution in [3.63, 3.8) is 0 Å². The second kappa shape index (κ2) is 9.64. The third-order valence-corrected chi connectivity index (χ3v) is 6.49. The van der Waals surface area contributed by atoms with Crippen LogP contribution in [0.15, 0.2) is 48.5 Å². The van der Waals surface area contributed by atoms with E-state index in [1.54, 1.807) is 6.07 Å². The van der Waals surface area contributed by atoms with Gasteiger partial charge in [0.15, 0.2) is 11.6 Å². The van der Waals surface area contributed by atoms with Gasteiger partial charge < -0.3 is 15.5 Å². The average Bonchev–Trinajstić information content (AvgIpc) is 3.44. The Morgan fingerprint density at radius 2 is 1.87 bits per heavy atom. The van der Waals surface area contributed by atoms with Crippen molar-refractivity contribution < 1.29 is 13.6 Å². The summed E-state index contributed by atoms with van der Waals surface area (Å²) in [5.41, 5.74) is 1.98. The van der Waals surface area contributed by atoms with Crippen molar-refractivity contribution in [2.45, 2.75) is 31.8 Å². The van der Waals surface area contributed by atoms with Gasteiger partial charge in [0.05, 0.1) is 0 Å². The Morgan fingerprint density at radius 1 is 1.06 bits per heavy atom. The number of halogens is 2. The molecule has 0 spiro atoms. The number of carbonyl (C=O) groups excluding carboxylic acids is 1. The second-order valence-corrected chi connectivity index (χ2v) is 8.62. The first kappa shape index (κ1) is 21.6. The maximum atomic E-state index is 13.5. The Bertz CT molecular complexity index is 894. The van der Waals surface area contributed by atoms with E-state index in [4.69, 9.17) is 0 Å². The average molecular weight is 429 g/mol. The summed E-state index contributed by atoms with van der Waals surface area (Å²) in [6.07, 6.45) is 1.85. The first-order valence-electron chi connectivity index (χ1n) is 11.0. The molecule has 2 aliphatic heterocycles. The third-order valence-electron chi connectivity index (χ3n) is 6.49. The first-order valence-corrected chi connectivity index (χ1v) is 11.0. The van der Waals surface area contributed by atoms with E-state index in [-0.39, 0.29) is 18.0 Å². The van der Waals surface area contributed by atoms with Gasteiger partial charge in [-0.3, -0.25) is 4.90 Å². The molecule has 0 aromatic heterocycles. The molecule has 4 rings (SSSR count). The molecule has 0 aliphatic carbocycles. The number of carbonyl (C=O) groups is 1. The lowest BCUT2D eigenvalue weighted by Gasteiger charge is -2.25. The Hall–Kier alpha value is -2.67. The third kappa shape index (κ3) is 5.34. The Labute approximate surface area is 182 Å². The molecule has 3 atom stereocenters. The molecule has 2 N–H and O–H groups in total. The van der Waals surface area contributed by atoms with Gasteiger partial charge in [0.25, 0.3) is 0 Å². The largest absolute Gasteiger partial charge is 0.371 e. The summed E-state index contributed by atoms with van der Waals surface area (Å²) >= 11 is 0.